The van der Waals surface area contributed by atoms with Gasteiger partial charge in [0.15, 0.2) is 0 Å². The molecular formula is C11H20N2O2. The lowest BCUT2D eigenvalue weighted by Gasteiger charge is -2.33. The van der Waals surface area contributed by atoms with E-state index in [9.17, 15) is 4.79 Å². The molecule has 0 unspecified atom stereocenters. The molecular weight excluding hydrogens is 192 g/mol. The Labute approximate surface area is 91.0 Å². The molecule has 0 aromatic carbocycles. The fourth-order valence-electron chi connectivity index (χ4n) is 1.89. The van der Waals surface area contributed by atoms with Gasteiger partial charge in [-0.05, 0) is 25.7 Å². The highest BCUT2D eigenvalue weighted by Crippen LogP contribution is 2.28. The van der Waals surface area contributed by atoms with Crippen molar-refractivity contribution in [3.05, 3.63) is 0 Å². The standard InChI is InChI=1S/C11H20N2O2/c1-9-6-12-4-5-13(9)11(14)8-15-7-10-2-3-10/h9-10,12H,2-8H2,1H3/t9-/m0/s1. The molecule has 1 atom stereocenters. The Bertz CT molecular complexity index is 229. The first kappa shape index (κ1) is 10.9. The maximum atomic E-state index is 11.8. The summed E-state index contributed by atoms with van der Waals surface area (Å²) in [5, 5.41) is 3.27. The van der Waals surface area contributed by atoms with Crippen LogP contribution in [-0.2, 0) is 9.53 Å². The van der Waals surface area contributed by atoms with Crippen LogP contribution in [0.4, 0.5) is 0 Å². The van der Waals surface area contributed by atoms with Crippen LogP contribution < -0.4 is 5.32 Å². The third kappa shape index (κ3) is 3.18. The largest absolute Gasteiger partial charge is 0.371 e. The van der Waals surface area contributed by atoms with Crippen LogP contribution in [0.2, 0.25) is 0 Å². The Kier molecular flexibility index (Phi) is 3.59. The molecule has 0 aromatic rings. The molecule has 2 aliphatic rings. The molecule has 1 amide bonds. The smallest absolute Gasteiger partial charge is 0.248 e. The van der Waals surface area contributed by atoms with E-state index in [2.05, 4.69) is 12.2 Å². The van der Waals surface area contributed by atoms with E-state index in [0.29, 0.717) is 6.04 Å². The maximum absolute atomic E-state index is 11.8. The van der Waals surface area contributed by atoms with Crippen molar-refractivity contribution < 1.29 is 9.53 Å². The second-order valence-electron chi connectivity index (χ2n) is 4.60. The van der Waals surface area contributed by atoms with Gasteiger partial charge in [0.25, 0.3) is 0 Å². The van der Waals surface area contributed by atoms with Crippen LogP contribution in [-0.4, -0.2) is 49.7 Å². The van der Waals surface area contributed by atoms with Gasteiger partial charge in [-0.2, -0.15) is 0 Å². The number of rotatable bonds is 4. The molecule has 1 saturated carbocycles. The Balaban J connectivity index is 1.68. The van der Waals surface area contributed by atoms with Crippen LogP contribution in [0.5, 0.6) is 0 Å². The van der Waals surface area contributed by atoms with Gasteiger partial charge in [-0.25, -0.2) is 0 Å². The summed E-state index contributed by atoms with van der Waals surface area (Å²) in [5.41, 5.74) is 0. The van der Waals surface area contributed by atoms with Crippen molar-refractivity contribution in [1.29, 1.82) is 0 Å². The molecule has 4 nitrogen and oxygen atoms in total. The van der Waals surface area contributed by atoms with Crippen LogP contribution in [0, 0.1) is 5.92 Å². The molecule has 2 fully saturated rings. The number of nitrogens with one attached hydrogen (secondary N) is 1. The lowest BCUT2D eigenvalue weighted by atomic mass is 10.2. The van der Waals surface area contributed by atoms with Gasteiger partial charge >= 0.3 is 0 Å². The van der Waals surface area contributed by atoms with Gasteiger partial charge in [0.2, 0.25) is 5.91 Å². The Hall–Kier alpha value is -0.610. The van der Waals surface area contributed by atoms with E-state index in [1.807, 2.05) is 4.90 Å². The lowest BCUT2D eigenvalue weighted by molar-refractivity contribution is -0.139. The summed E-state index contributed by atoms with van der Waals surface area (Å²) in [6.07, 6.45) is 2.55. The van der Waals surface area contributed by atoms with Crippen molar-refractivity contribution >= 4 is 5.91 Å². The highest BCUT2D eigenvalue weighted by Gasteiger charge is 2.25. The quantitative estimate of drug-likeness (QED) is 0.725. The van der Waals surface area contributed by atoms with E-state index >= 15 is 0 Å². The van der Waals surface area contributed by atoms with Gasteiger partial charge in [-0.3, -0.25) is 4.79 Å². The predicted molar refractivity (Wildman–Crippen MR) is 57.6 cm³/mol. The normalized spacial score (nSPS) is 26.7. The summed E-state index contributed by atoms with van der Waals surface area (Å²) in [7, 11) is 0. The molecule has 1 aliphatic carbocycles. The maximum Gasteiger partial charge on any atom is 0.248 e. The number of hydrogen-bond donors (Lipinski definition) is 1. The summed E-state index contributed by atoms with van der Waals surface area (Å²) < 4.78 is 5.41. The van der Waals surface area contributed by atoms with Crippen molar-refractivity contribution in [3.8, 4) is 0 Å². The highest BCUT2D eigenvalue weighted by molar-refractivity contribution is 5.77. The van der Waals surface area contributed by atoms with E-state index in [1.54, 1.807) is 0 Å². The SMILES string of the molecule is C[C@H]1CNCCN1C(=O)COCC1CC1. The average Bonchev–Trinajstić information content (AvgIpc) is 3.02. The topological polar surface area (TPSA) is 41.6 Å². The van der Waals surface area contributed by atoms with Crippen LogP contribution in [0.3, 0.4) is 0 Å². The van der Waals surface area contributed by atoms with Crippen molar-refractivity contribution in [2.45, 2.75) is 25.8 Å². The number of carbonyl (C=O) groups is 1. The predicted octanol–water partition coefficient (Wildman–Crippen LogP) is 0.233. The van der Waals surface area contributed by atoms with Gasteiger partial charge in [0.05, 0.1) is 6.61 Å². The van der Waals surface area contributed by atoms with E-state index in [1.165, 1.54) is 12.8 Å². The monoisotopic (exact) mass is 212 g/mol. The van der Waals surface area contributed by atoms with E-state index in [4.69, 9.17) is 4.74 Å². The molecule has 2 rings (SSSR count). The summed E-state index contributed by atoms with van der Waals surface area (Å²) >= 11 is 0. The first-order chi connectivity index (χ1) is 7.27. The average molecular weight is 212 g/mol. The molecule has 0 spiro atoms. The third-order valence-corrected chi connectivity index (χ3v) is 3.10. The second kappa shape index (κ2) is 4.94. The van der Waals surface area contributed by atoms with Crippen LogP contribution in [0.1, 0.15) is 19.8 Å². The van der Waals surface area contributed by atoms with Crippen LogP contribution in [0.25, 0.3) is 0 Å². The van der Waals surface area contributed by atoms with E-state index in [0.717, 1.165) is 32.2 Å². The number of piperazine rings is 1. The molecule has 0 bridgehead atoms. The Morgan fingerprint density at radius 3 is 3.00 bits per heavy atom. The molecule has 1 aliphatic heterocycles. The highest BCUT2D eigenvalue weighted by atomic mass is 16.5. The van der Waals surface area contributed by atoms with Crippen molar-refractivity contribution in [2.75, 3.05) is 32.8 Å². The lowest BCUT2D eigenvalue weighted by Crippen LogP contribution is -2.53. The number of ether oxygens (including phenoxy) is 1. The molecule has 0 radical (unpaired) electrons. The van der Waals surface area contributed by atoms with Crippen LogP contribution in [0.15, 0.2) is 0 Å². The van der Waals surface area contributed by atoms with E-state index < -0.39 is 0 Å². The molecule has 1 heterocycles. The Morgan fingerprint density at radius 2 is 2.33 bits per heavy atom. The second-order valence-corrected chi connectivity index (χ2v) is 4.60. The van der Waals surface area contributed by atoms with Gasteiger partial charge in [-0.1, -0.05) is 0 Å². The van der Waals surface area contributed by atoms with Gasteiger partial charge in [0.1, 0.15) is 6.61 Å². The van der Waals surface area contributed by atoms with Gasteiger partial charge < -0.3 is 15.0 Å². The third-order valence-electron chi connectivity index (χ3n) is 3.10. The van der Waals surface area contributed by atoms with Gasteiger partial charge in [-0.15, -0.1) is 0 Å². The molecule has 0 aromatic heterocycles. The zero-order valence-electron chi connectivity index (χ0n) is 9.37. The molecule has 1 N–H and O–H groups in total. The summed E-state index contributed by atoms with van der Waals surface area (Å²) in [4.78, 5) is 13.7. The van der Waals surface area contributed by atoms with Gasteiger partial charge in [0, 0.05) is 25.7 Å². The summed E-state index contributed by atoms with van der Waals surface area (Å²) in [5.74, 6) is 0.878. The molecule has 86 valence electrons. The summed E-state index contributed by atoms with van der Waals surface area (Å²) in [6.45, 7) is 5.72. The minimum absolute atomic E-state index is 0.143. The first-order valence-electron chi connectivity index (χ1n) is 5.85. The number of hydrogen-bond acceptors (Lipinski definition) is 3. The van der Waals surface area contributed by atoms with E-state index in [-0.39, 0.29) is 12.5 Å². The zero-order valence-corrected chi connectivity index (χ0v) is 9.37. The number of carbonyl (C=O) groups excluding carboxylic acids is 1. The van der Waals surface area contributed by atoms with Crippen molar-refractivity contribution in [2.24, 2.45) is 5.92 Å². The van der Waals surface area contributed by atoms with Crippen LogP contribution >= 0.6 is 0 Å². The minimum Gasteiger partial charge on any atom is -0.371 e. The number of amides is 1. The fourth-order valence-corrected chi connectivity index (χ4v) is 1.89. The fraction of sp³-hybridized carbons (Fsp3) is 0.909. The number of nitrogens with zero attached hydrogens (tertiary/aromatic N) is 1. The summed E-state index contributed by atoms with van der Waals surface area (Å²) in [6, 6.07) is 0.302. The zero-order chi connectivity index (χ0) is 10.7. The molecule has 1 saturated heterocycles. The first-order valence-corrected chi connectivity index (χ1v) is 5.85. The molecule has 4 heteroatoms. The minimum atomic E-state index is 0.143. The van der Waals surface area contributed by atoms with Crippen molar-refractivity contribution in [1.82, 2.24) is 10.2 Å². The molecule has 15 heavy (non-hydrogen) atoms. The van der Waals surface area contributed by atoms with Crippen molar-refractivity contribution in [3.63, 3.8) is 0 Å². The Morgan fingerprint density at radius 1 is 1.53 bits per heavy atom.